The van der Waals surface area contributed by atoms with Crippen molar-refractivity contribution in [3.8, 4) is 0 Å². The molecule has 0 amide bonds. The molecule has 1 heterocycles. The van der Waals surface area contributed by atoms with Crippen molar-refractivity contribution < 1.29 is 9.50 Å². The van der Waals surface area contributed by atoms with Crippen LogP contribution in [0.25, 0.3) is 10.8 Å². The van der Waals surface area contributed by atoms with Gasteiger partial charge in [-0.2, -0.15) is 0 Å². The van der Waals surface area contributed by atoms with Crippen LogP contribution in [0.1, 0.15) is 18.9 Å². The number of halogens is 1. The van der Waals surface area contributed by atoms with Gasteiger partial charge in [-0.3, -0.25) is 0 Å². The van der Waals surface area contributed by atoms with Crippen molar-refractivity contribution in [2.24, 2.45) is 0 Å². The van der Waals surface area contributed by atoms with Gasteiger partial charge in [0.15, 0.2) is 0 Å². The predicted octanol–water partition coefficient (Wildman–Crippen LogP) is 2.89. The van der Waals surface area contributed by atoms with Crippen LogP contribution in [-0.4, -0.2) is 29.6 Å². The van der Waals surface area contributed by atoms with E-state index in [9.17, 15) is 9.50 Å². The topological polar surface area (TPSA) is 23.5 Å². The third-order valence-electron chi connectivity index (χ3n) is 4.50. The zero-order valence-corrected chi connectivity index (χ0v) is 11.2. The minimum atomic E-state index is -0.808. The number of nitrogens with zero attached hydrogens (tertiary/aromatic N) is 1. The predicted molar refractivity (Wildman–Crippen MR) is 74.5 cm³/mol. The zero-order valence-electron chi connectivity index (χ0n) is 11.2. The Balaban J connectivity index is 2.09. The summed E-state index contributed by atoms with van der Waals surface area (Å²) in [4.78, 5) is 2.16. The number of hydrogen-bond acceptors (Lipinski definition) is 2. The van der Waals surface area contributed by atoms with Crippen molar-refractivity contribution >= 4 is 10.8 Å². The fourth-order valence-electron chi connectivity index (χ4n) is 2.99. The number of likely N-dealkylation sites (tertiary alicyclic amines) is 1. The molecule has 0 unspecified atom stereocenters. The molecule has 1 N–H and O–H groups in total. The van der Waals surface area contributed by atoms with E-state index < -0.39 is 5.60 Å². The smallest absolute Gasteiger partial charge is 0.123 e. The van der Waals surface area contributed by atoms with Gasteiger partial charge in [0, 0.05) is 12.6 Å². The maximum absolute atomic E-state index is 13.2. The largest absolute Gasteiger partial charge is 0.383 e. The Morgan fingerprint density at radius 1 is 1.21 bits per heavy atom. The van der Waals surface area contributed by atoms with Crippen LogP contribution >= 0.6 is 0 Å². The highest BCUT2D eigenvalue weighted by Crippen LogP contribution is 2.37. The molecular formula is C16H18FNO. The van der Waals surface area contributed by atoms with E-state index >= 15 is 0 Å². The molecule has 100 valence electrons. The van der Waals surface area contributed by atoms with Gasteiger partial charge in [0.1, 0.15) is 11.4 Å². The average Bonchev–Trinajstić information content (AvgIpc) is 2.67. The molecule has 2 nitrogen and oxygen atoms in total. The summed E-state index contributed by atoms with van der Waals surface area (Å²) in [6.07, 6.45) is 0.734. The van der Waals surface area contributed by atoms with Crippen LogP contribution in [0.3, 0.4) is 0 Å². The molecule has 19 heavy (non-hydrogen) atoms. The Bertz CT molecular complexity index is 627. The van der Waals surface area contributed by atoms with Crippen molar-refractivity contribution in [2.75, 3.05) is 13.6 Å². The van der Waals surface area contributed by atoms with Gasteiger partial charge in [0.05, 0.1) is 0 Å². The van der Waals surface area contributed by atoms with E-state index in [0.29, 0.717) is 0 Å². The molecule has 0 saturated carbocycles. The summed E-state index contributed by atoms with van der Waals surface area (Å²) in [5.74, 6) is -0.229. The first-order chi connectivity index (χ1) is 9.00. The first kappa shape index (κ1) is 12.6. The lowest BCUT2D eigenvalue weighted by atomic mass is 9.86. The van der Waals surface area contributed by atoms with Gasteiger partial charge >= 0.3 is 0 Å². The maximum Gasteiger partial charge on any atom is 0.123 e. The summed E-state index contributed by atoms with van der Waals surface area (Å²) in [5.41, 5.74) is 0.112. The normalized spacial score (nSPS) is 28.1. The van der Waals surface area contributed by atoms with E-state index in [1.807, 2.05) is 32.2 Å². The third kappa shape index (κ3) is 1.94. The molecule has 0 bridgehead atoms. The van der Waals surface area contributed by atoms with Crippen molar-refractivity contribution in [3.05, 3.63) is 47.8 Å². The molecule has 3 heteroatoms. The fourth-order valence-corrected chi connectivity index (χ4v) is 2.99. The number of hydrogen-bond donors (Lipinski definition) is 1. The molecule has 0 aliphatic carbocycles. The van der Waals surface area contributed by atoms with Crippen LogP contribution in [0, 0.1) is 5.82 Å². The highest BCUT2D eigenvalue weighted by molar-refractivity contribution is 5.83. The van der Waals surface area contributed by atoms with Crippen LogP contribution < -0.4 is 0 Å². The SMILES string of the molecule is C[C@@H]1N(C)CC[C@@]1(O)c1ccc2cc(F)ccc2c1. The molecule has 1 saturated heterocycles. The average molecular weight is 259 g/mol. The monoisotopic (exact) mass is 259 g/mol. The van der Waals surface area contributed by atoms with Crippen LogP contribution in [0.5, 0.6) is 0 Å². The minimum Gasteiger partial charge on any atom is -0.383 e. The quantitative estimate of drug-likeness (QED) is 0.851. The molecule has 0 spiro atoms. The van der Waals surface area contributed by atoms with E-state index in [1.54, 1.807) is 6.07 Å². The Morgan fingerprint density at radius 3 is 2.58 bits per heavy atom. The molecule has 2 atom stereocenters. The van der Waals surface area contributed by atoms with Crippen LogP contribution in [-0.2, 0) is 5.60 Å². The summed E-state index contributed by atoms with van der Waals surface area (Å²) in [7, 11) is 2.03. The van der Waals surface area contributed by atoms with Crippen molar-refractivity contribution in [1.82, 2.24) is 4.90 Å². The van der Waals surface area contributed by atoms with Gasteiger partial charge in [-0.1, -0.05) is 18.2 Å². The summed E-state index contributed by atoms with van der Waals surface area (Å²) < 4.78 is 13.2. The summed E-state index contributed by atoms with van der Waals surface area (Å²) in [6.45, 7) is 2.93. The molecule has 2 aromatic rings. The van der Waals surface area contributed by atoms with E-state index in [0.717, 1.165) is 29.3 Å². The van der Waals surface area contributed by atoms with Crippen molar-refractivity contribution in [1.29, 1.82) is 0 Å². The second-order valence-electron chi connectivity index (χ2n) is 5.54. The van der Waals surface area contributed by atoms with Gasteiger partial charge in [0.25, 0.3) is 0 Å². The molecular weight excluding hydrogens is 241 g/mol. The number of benzene rings is 2. The van der Waals surface area contributed by atoms with Crippen LogP contribution in [0.2, 0.25) is 0 Å². The van der Waals surface area contributed by atoms with Gasteiger partial charge in [0.2, 0.25) is 0 Å². The molecule has 0 radical (unpaired) electrons. The first-order valence-corrected chi connectivity index (χ1v) is 6.63. The number of likely N-dealkylation sites (N-methyl/N-ethyl adjacent to an activating group) is 1. The van der Waals surface area contributed by atoms with Crippen LogP contribution in [0.4, 0.5) is 4.39 Å². The van der Waals surface area contributed by atoms with E-state index in [2.05, 4.69) is 4.90 Å². The maximum atomic E-state index is 13.2. The van der Waals surface area contributed by atoms with E-state index in [1.165, 1.54) is 12.1 Å². The Morgan fingerprint density at radius 2 is 1.89 bits per heavy atom. The molecule has 3 rings (SSSR count). The number of rotatable bonds is 1. The Hall–Kier alpha value is -1.45. The van der Waals surface area contributed by atoms with Crippen molar-refractivity contribution in [2.45, 2.75) is 25.0 Å². The first-order valence-electron chi connectivity index (χ1n) is 6.63. The summed E-state index contributed by atoms with van der Waals surface area (Å²) in [6, 6.07) is 10.6. The summed E-state index contributed by atoms with van der Waals surface area (Å²) >= 11 is 0. The van der Waals surface area contributed by atoms with Crippen molar-refractivity contribution in [3.63, 3.8) is 0 Å². The molecule has 2 aromatic carbocycles. The van der Waals surface area contributed by atoms with Gasteiger partial charge in [-0.15, -0.1) is 0 Å². The third-order valence-corrected chi connectivity index (χ3v) is 4.50. The lowest BCUT2D eigenvalue weighted by Crippen LogP contribution is -2.38. The van der Waals surface area contributed by atoms with Crippen LogP contribution in [0.15, 0.2) is 36.4 Å². The molecule has 1 aliphatic heterocycles. The lowest BCUT2D eigenvalue weighted by Gasteiger charge is -2.30. The standard InChI is InChI=1S/C16H18FNO/c1-11-16(19,7-8-18(11)2)14-5-3-13-10-15(17)6-4-12(13)9-14/h3-6,9-11,19H,7-8H2,1-2H3/t11-,16-/m0/s1. The molecule has 1 aliphatic rings. The Kier molecular flexibility index (Phi) is 2.84. The zero-order chi connectivity index (χ0) is 13.6. The summed E-state index contributed by atoms with van der Waals surface area (Å²) in [5, 5.41) is 12.7. The lowest BCUT2D eigenvalue weighted by molar-refractivity contribution is 0.0110. The van der Waals surface area contributed by atoms with Gasteiger partial charge < -0.3 is 10.0 Å². The van der Waals surface area contributed by atoms with E-state index in [-0.39, 0.29) is 11.9 Å². The molecule has 1 fully saturated rings. The van der Waals surface area contributed by atoms with E-state index in [4.69, 9.17) is 0 Å². The van der Waals surface area contributed by atoms with Gasteiger partial charge in [-0.05, 0) is 54.9 Å². The highest BCUT2D eigenvalue weighted by Gasteiger charge is 2.43. The second kappa shape index (κ2) is 4.29. The number of fused-ring (bicyclic) bond motifs is 1. The molecule has 0 aromatic heterocycles. The number of aliphatic hydroxyl groups is 1. The minimum absolute atomic E-state index is 0.0883. The second-order valence-corrected chi connectivity index (χ2v) is 5.54. The fraction of sp³-hybridized carbons (Fsp3) is 0.375. The van der Waals surface area contributed by atoms with Gasteiger partial charge in [-0.25, -0.2) is 4.39 Å². The highest BCUT2D eigenvalue weighted by atomic mass is 19.1. The Labute approximate surface area is 112 Å².